The molecule has 1 aromatic rings. The zero-order valence-electron chi connectivity index (χ0n) is 14.0. The van der Waals surface area contributed by atoms with Crippen LogP contribution in [0.5, 0.6) is 0 Å². The van der Waals surface area contributed by atoms with E-state index in [9.17, 15) is 14.4 Å². The van der Waals surface area contributed by atoms with Crippen molar-refractivity contribution in [2.24, 2.45) is 11.8 Å². The van der Waals surface area contributed by atoms with Gasteiger partial charge in [0.2, 0.25) is 17.7 Å². The first-order chi connectivity index (χ1) is 11.5. The average molecular weight is 326 g/mol. The molecular weight excluding hydrogens is 304 g/mol. The van der Waals surface area contributed by atoms with E-state index >= 15 is 0 Å². The van der Waals surface area contributed by atoms with E-state index in [1.54, 1.807) is 0 Å². The third kappa shape index (κ3) is 2.86. The molecule has 1 aliphatic carbocycles. The summed E-state index contributed by atoms with van der Waals surface area (Å²) in [6.45, 7) is 3.75. The lowest BCUT2D eigenvalue weighted by molar-refractivity contribution is -0.142. The maximum absolute atomic E-state index is 12.4. The van der Waals surface area contributed by atoms with Crippen LogP contribution in [0.25, 0.3) is 0 Å². The summed E-state index contributed by atoms with van der Waals surface area (Å²) in [5.74, 6) is -1.35. The van der Waals surface area contributed by atoms with Crippen LogP contribution in [-0.2, 0) is 20.8 Å². The standard InChI is InChI=1S/C19H22N2O3/c1-3-13-8-6-7-12(2)17(13)20-16(22)11-21-18(23)14-9-4-5-10-15(14)19(21)24/h4-8,14-15H,3,9-11H2,1-2H3,(H,20,22)/t14-,15-/m0/s1. The fraction of sp³-hybridized carbons (Fsp3) is 0.421. The summed E-state index contributed by atoms with van der Waals surface area (Å²) in [5, 5.41) is 2.88. The number of aryl methyl sites for hydroxylation is 2. The van der Waals surface area contributed by atoms with Gasteiger partial charge in [-0.2, -0.15) is 0 Å². The minimum Gasteiger partial charge on any atom is -0.324 e. The molecule has 5 heteroatoms. The van der Waals surface area contributed by atoms with E-state index in [1.165, 1.54) is 0 Å². The maximum Gasteiger partial charge on any atom is 0.244 e. The summed E-state index contributed by atoms with van der Waals surface area (Å²) in [6.07, 6.45) is 5.86. The van der Waals surface area contributed by atoms with Gasteiger partial charge in [-0.3, -0.25) is 19.3 Å². The Bertz CT molecular complexity index is 697. The molecule has 0 radical (unpaired) electrons. The number of likely N-dealkylation sites (tertiary alicyclic amines) is 1. The highest BCUT2D eigenvalue weighted by Gasteiger charge is 2.47. The molecule has 126 valence electrons. The second-order valence-electron chi connectivity index (χ2n) is 6.43. The molecule has 1 aromatic carbocycles. The lowest BCUT2D eigenvalue weighted by atomic mass is 9.85. The number of benzene rings is 1. The number of allylic oxidation sites excluding steroid dienone is 2. The average Bonchev–Trinajstić information content (AvgIpc) is 2.82. The Labute approximate surface area is 141 Å². The summed E-state index contributed by atoms with van der Waals surface area (Å²) in [7, 11) is 0. The van der Waals surface area contributed by atoms with Crippen LogP contribution >= 0.6 is 0 Å². The van der Waals surface area contributed by atoms with Crippen molar-refractivity contribution in [1.29, 1.82) is 0 Å². The number of carbonyl (C=O) groups is 3. The van der Waals surface area contributed by atoms with Gasteiger partial charge < -0.3 is 5.32 Å². The van der Waals surface area contributed by atoms with Gasteiger partial charge in [-0.25, -0.2) is 0 Å². The van der Waals surface area contributed by atoms with E-state index in [1.807, 2.05) is 44.2 Å². The summed E-state index contributed by atoms with van der Waals surface area (Å²) in [4.78, 5) is 38.4. The summed E-state index contributed by atoms with van der Waals surface area (Å²) >= 11 is 0. The van der Waals surface area contributed by atoms with Crippen molar-refractivity contribution in [2.45, 2.75) is 33.1 Å². The Morgan fingerprint density at radius 3 is 2.38 bits per heavy atom. The highest BCUT2D eigenvalue weighted by molar-refractivity contribution is 6.09. The molecule has 5 nitrogen and oxygen atoms in total. The summed E-state index contributed by atoms with van der Waals surface area (Å²) in [6, 6.07) is 5.85. The van der Waals surface area contributed by atoms with E-state index in [4.69, 9.17) is 0 Å². The van der Waals surface area contributed by atoms with Gasteiger partial charge in [0.05, 0.1) is 11.8 Å². The Balaban J connectivity index is 1.72. The van der Waals surface area contributed by atoms with Gasteiger partial charge in [-0.1, -0.05) is 37.3 Å². The Kier molecular flexibility index (Phi) is 4.51. The van der Waals surface area contributed by atoms with Crippen LogP contribution in [0.4, 0.5) is 5.69 Å². The van der Waals surface area contributed by atoms with Crippen LogP contribution in [0.3, 0.4) is 0 Å². The van der Waals surface area contributed by atoms with Gasteiger partial charge >= 0.3 is 0 Å². The number of fused-ring (bicyclic) bond motifs is 1. The molecule has 1 fully saturated rings. The molecule has 1 saturated heterocycles. The quantitative estimate of drug-likeness (QED) is 0.683. The van der Waals surface area contributed by atoms with Gasteiger partial charge in [0, 0.05) is 5.69 Å². The minimum atomic E-state index is -0.327. The Morgan fingerprint density at radius 1 is 1.17 bits per heavy atom. The normalized spacial score (nSPS) is 22.7. The SMILES string of the molecule is CCc1cccc(C)c1NC(=O)CN1C(=O)[C@H]2CC=CC[C@@H]2C1=O. The van der Waals surface area contributed by atoms with Gasteiger partial charge in [-0.05, 0) is 37.3 Å². The monoisotopic (exact) mass is 326 g/mol. The molecule has 1 N–H and O–H groups in total. The summed E-state index contributed by atoms with van der Waals surface area (Å²) < 4.78 is 0. The lowest BCUT2D eigenvalue weighted by Crippen LogP contribution is -2.38. The van der Waals surface area contributed by atoms with Gasteiger partial charge in [0.25, 0.3) is 0 Å². The van der Waals surface area contributed by atoms with Crippen molar-refractivity contribution < 1.29 is 14.4 Å². The van der Waals surface area contributed by atoms with E-state index in [0.717, 1.165) is 28.1 Å². The van der Waals surface area contributed by atoms with Gasteiger partial charge in [0.1, 0.15) is 6.54 Å². The molecule has 1 aliphatic heterocycles. The van der Waals surface area contributed by atoms with E-state index in [2.05, 4.69) is 5.32 Å². The smallest absolute Gasteiger partial charge is 0.244 e. The second-order valence-corrected chi connectivity index (χ2v) is 6.43. The Hall–Kier alpha value is -2.43. The van der Waals surface area contributed by atoms with Crippen molar-refractivity contribution in [3.63, 3.8) is 0 Å². The zero-order chi connectivity index (χ0) is 17.3. The molecule has 24 heavy (non-hydrogen) atoms. The lowest BCUT2D eigenvalue weighted by Gasteiger charge is -2.17. The third-order valence-corrected chi connectivity index (χ3v) is 4.90. The van der Waals surface area contributed by atoms with Crippen molar-refractivity contribution >= 4 is 23.4 Å². The van der Waals surface area contributed by atoms with Gasteiger partial charge in [-0.15, -0.1) is 0 Å². The first-order valence-corrected chi connectivity index (χ1v) is 8.41. The highest BCUT2D eigenvalue weighted by Crippen LogP contribution is 2.34. The second kappa shape index (κ2) is 6.59. The maximum atomic E-state index is 12.4. The van der Waals surface area contributed by atoms with Crippen molar-refractivity contribution in [3.05, 3.63) is 41.5 Å². The van der Waals surface area contributed by atoms with Crippen molar-refractivity contribution in [2.75, 3.05) is 11.9 Å². The largest absolute Gasteiger partial charge is 0.324 e. The number of para-hydroxylation sites is 1. The number of amides is 3. The molecule has 0 unspecified atom stereocenters. The number of nitrogens with zero attached hydrogens (tertiary/aromatic N) is 1. The van der Waals surface area contributed by atoms with Crippen LogP contribution < -0.4 is 5.32 Å². The predicted molar refractivity (Wildman–Crippen MR) is 91.3 cm³/mol. The highest BCUT2D eigenvalue weighted by atomic mass is 16.2. The number of nitrogens with one attached hydrogen (secondary N) is 1. The van der Waals surface area contributed by atoms with Crippen LogP contribution in [0.1, 0.15) is 30.9 Å². The number of anilines is 1. The number of hydrogen-bond donors (Lipinski definition) is 1. The first-order valence-electron chi connectivity index (χ1n) is 8.41. The summed E-state index contributed by atoms with van der Waals surface area (Å²) in [5.41, 5.74) is 2.79. The third-order valence-electron chi connectivity index (χ3n) is 4.90. The van der Waals surface area contributed by atoms with Crippen LogP contribution in [-0.4, -0.2) is 29.2 Å². The minimum absolute atomic E-state index is 0.206. The van der Waals surface area contributed by atoms with Crippen molar-refractivity contribution in [3.8, 4) is 0 Å². The number of imide groups is 1. The van der Waals surface area contributed by atoms with E-state index in [-0.39, 0.29) is 36.1 Å². The van der Waals surface area contributed by atoms with Gasteiger partial charge in [0.15, 0.2) is 0 Å². The molecule has 0 spiro atoms. The number of hydrogen-bond acceptors (Lipinski definition) is 3. The van der Waals surface area contributed by atoms with Crippen molar-refractivity contribution in [1.82, 2.24) is 4.90 Å². The van der Waals surface area contributed by atoms with E-state index < -0.39 is 0 Å². The molecule has 0 bridgehead atoms. The fourth-order valence-electron chi connectivity index (χ4n) is 3.55. The molecule has 3 amide bonds. The van der Waals surface area contributed by atoms with E-state index in [0.29, 0.717) is 12.8 Å². The van der Waals surface area contributed by atoms with Crippen LogP contribution in [0.2, 0.25) is 0 Å². The molecule has 2 atom stereocenters. The predicted octanol–water partition coefficient (Wildman–Crippen LogP) is 2.45. The fourth-order valence-corrected chi connectivity index (χ4v) is 3.55. The molecule has 3 rings (SSSR count). The number of carbonyl (C=O) groups excluding carboxylic acids is 3. The topological polar surface area (TPSA) is 66.5 Å². The van der Waals surface area contributed by atoms with Crippen LogP contribution in [0, 0.1) is 18.8 Å². The zero-order valence-corrected chi connectivity index (χ0v) is 14.0. The molecule has 1 heterocycles. The first kappa shape index (κ1) is 16.4. The Morgan fingerprint density at radius 2 is 1.79 bits per heavy atom. The molecule has 2 aliphatic rings. The number of rotatable bonds is 4. The molecule has 0 saturated carbocycles. The molecule has 0 aromatic heterocycles. The van der Waals surface area contributed by atoms with Crippen LogP contribution in [0.15, 0.2) is 30.4 Å². The molecular formula is C19H22N2O3.